The first kappa shape index (κ1) is 13.0. The summed E-state index contributed by atoms with van der Waals surface area (Å²) in [4.78, 5) is 0. The Balaban J connectivity index is 3.22. The van der Waals surface area contributed by atoms with Crippen LogP contribution in [0.15, 0.2) is 18.2 Å². The Morgan fingerprint density at radius 1 is 1.25 bits per heavy atom. The van der Waals surface area contributed by atoms with E-state index in [-0.39, 0.29) is 5.41 Å². The summed E-state index contributed by atoms with van der Waals surface area (Å²) < 4.78 is 5.42. The third-order valence-corrected chi connectivity index (χ3v) is 2.96. The molecule has 0 bridgehead atoms. The van der Waals surface area contributed by atoms with Crippen molar-refractivity contribution >= 4 is 0 Å². The minimum absolute atomic E-state index is 0.106. The number of methoxy groups -OCH3 is 1. The van der Waals surface area contributed by atoms with Crippen molar-refractivity contribution in [1.82, 2.24) is 5.32 Å². The Kier molecular flexibility index (Phi) is 3.98. The van der Waals surface area contributed by atoms with Crippen LogP contribution in [0.5, 0.6) is 5.75 Å². The second-order valence-electron chi connectivity index (χ2n) is 5.22. The Morgan fingerprint density at radius 3 is 2.31 bits per heavy atom. The molecule has 0 heterocycles. The van der Waals surface area contributed by atoms with E-state index in [0.717, 1.165) is 5.75 Å². The fourth-order valence-electron chi connectivity index (χ4n) is 1.75. The molecule has 0 aliphatic carbocycles. The molecule has 2 heteroatoms. The van der Waals surface area contributed by atoms with Gasteiger partial charge in [0.2, 0.25) is 0 Å². The van der Waals surface area contributed by atoms with E-state index in [2.05, 4.69) is 51.2 Å². The van der Waals surface area contributed by atoms with Gasteiger partial charge in [-0.25, -0.2) is 0 Å². The van der Waals surface area contributed by atoms with Gasteiger partial charge < -0.3 is 10.1 Å². The molecule has 0 radical (unpaired) electrons. The zero-order chi connectivity index (χ0) is 12.3. The summed E-state index contributed by atoms with van der Waals surface area (Å²) in [6.45, 7) is 8.78. The van der Waals surface area contributed by atoms with E-state index in [1.807, 2.05) is 7.05 Å². The molecule has 0 saturated heterocycles. The Hall–Kier alpha value is -1.02. The van der Waals surface area contributed by atoms with Gasteiger partial charge in [0, 0.05) is 6.04 Å². The van der Waals surface area contributed by atoms with Crippen molar-refractivity contribution in [3.8, 4) is 5.75 Å². The summed E-state index contributed by atoms with van der Waals surface area (Å²) in [5.74, 6) is 0.972. The van der Waals surface area contributed by atoms with Gasteiger partial charge in [-0.05, 0) is 36.6 Å². The van der Waals surface area contributed by atoms with Crippen LogP contribution in [0.2, 0.25) is 0 Å². The maximum Gasteiger partial charge on any atom is 0.122 e. The Bertz CT molecular complexity index is 352. The molecule has 0 aromatic heterocycles. The molecule has 16 heavy (non-hydrogen) atoms. The summed E-state index contributed by atoms with van der Waals surface area (Å²) in [5, 5.41) is 3.26. The molecule has 0 spiro atoms. The van der Waals surface area contributed by atoms with Crippen molar-refractivity contribution in [3.05, 3.63) is 29.3 Å². The van der Waals surface area contributed by atoms with Crippen LogP contribution in [0.1, 0.15) is 44.9 Å². The van der Waals surface area contributed by atoms with Crippen molar-refractivity contribution in [2.24, 2.45) is 0 Å². The number of nitrogens with one attached hydrogen (secondary N) is 1. The lowest BCUT2D eigenvalue weighted by Gasteiger charge is -2.24. The molecule has 0 amide bonds. The smallest absolute Gasteiger partial charge is 0.122 e. The molecule has 0 saturated carbocycles. The number of hydrogen-bond acceptors (Lipinski definition) is 2. The molecule has 0 fully saturated rings. The summed E-state index contributed by atoms with van der Waals surface area (Å²) in [5.41, 5.74) is 2.66. The minimum Gasteiger partial charge on any atom is -0.496 e. The first-order valence-electron chi connectivity index (χ1n) is 5.76. The van der Waals surface area contributed by atoms with Gasteiger partial charge in [0.1, 0.15) is 5.75 Å². The Morgan fingerprint density at radius 2 is 1.88 bits per heavy atom. The zero-order valence-electron chi connectivity index (χ0n) is 11.2. The fraction of sp³-hybridized carbons (Fsp3) is 0.571. The lowest BCUT2D eigenvalue weighted by molar-refractivity contribution is 0.397. The molecule has 1 unspecified atom stereocenters. The van der Waals surface area contributed by atoms with Gasteiger partial charge in [-0.2, -0.15) is 0 Å². The first-order chi connectivity index (χ1) is 7.40. The van der Waals surface area contributed by atoms with Crippen molar-refractivity contribution in [1.29, 1.82) is 0 Å². The second kappa shape index (κ2) is 4.88. The number of ether oxygens (including phenoxy) is 1. The normalized spacial score (nSPS) is 13.6. The van der Waals surface area contributed by atoms with Gasteiger partial charge in [-0.3, -0.25) is 0 Å². The zero-order valence-corrected chi connectivity index (χ0v) is 11.2. The molecule has 1 rings (SSSR count). The molecule has 90 valence electrons. The lowest BCUT2D eigenvalue weighted by Crippen LogP contribution is -2.16. The van der Waals surface area contributed by atoms with E-state index in [1.54, 1.807) is 7.11 Å². The van der Waals surface area contributed by atoms with E-state index in [4.69, 9.17) is 4.74 Å². The standard InChI is InChI=1S/C14H23NO/c1-10(15-5)11-7-8-13(16-6)12(9-11)14(2,3)4/h7-10,15H,1-6H3. The predicted octanol–water partition coefficient (Wildman–Crippen LogP) is 3.27. The SMILES string of the molecule is CNC(C)c1ccc(OC)c(C(C)(C)C)c1. The highest BCUT2D eigenvalue weighted by atomic mass is 16.5. The van der Waals surface area contributed by atoms with Crippen LogP contribution in [0.25, 0.3) is 0 Å². The maximum atomic E-state index is 5.42. The molecule has 0 aliphatic heterocycles. The number of benzene rings is 1. The third kappa shape index (κ3) is 2.76. The fourth-order valence-corrected chi connectivity index (χ4v) is 1.75. The molecular formula is C14H23NO. The van der Waals surface area contributed by atoms with Gasteiger partial charge in [-0.1, -0.05) is 32.9 Å². The van der Waals surface area contributed by atoms with Gasteiger partial charge in [0.25, 0.3) is 0 Å². The van der Waals surface area contributed by atoms with Crippen molar-refractivity contribution < 1.29 is 4.74 Å². The van der Waals surface area contributed by atoms with Crippen LogP contribution < -0.4 is 10.1 Å². The average Bonchev–Trinajstić information content (AvgIpc) is 2.26. The number of rotatable bonds is 3. The van der Waals surface area contributed by atoms with Crippen LogP contribution in [0.3, 0.4) is 0 Å². The molecule has 2 nitrogen and oxygen atoms in total. The van der Waals surface area contributed by atoms with Crippen LogP contribution in [-0.2, 0) is 5.41 Å². The van der Waals surface area contributed by atoms with Crippen LogP contribution in [0.4, 0.5) is 0 Å². The highest BCUT2D eigenvalue weighted by Gasteiger charge is 2.19. The maximum absolute atomic E-state index is 5.42. The van der Waals surface area contributed by atoms with Gasteiger partial charge in [0.15, 0.2) is 0 Å². The predicted molar refractivity (Wildman–Crippen MR) is 69.2 cm³/mol. The monoisotopic (exact) mass is 221 g/mol. The van der Waals surface area contributed by atoms with E-state index >= 15 is 0 Å². The molecule has 1 aromatic rings. The van der Waals surface area contributed by atoms with E-state index in [9.17, 15) is 0 Å². The summed E-state index contributed by atoms with van der Waals surface area (Å²) in [6, 6.07) is 6.78. The minimum atomic E-state index is 0.106. The van der Waals surface area contributed by atoms with E-state index < -0.39 is 0 Å². The molecule has 0 aliphatic rings. The summed E-state index contributed by atoms with van der Waals surface area (Å²) >= 11 is 0. The lowest BCUT2D eigenvalue weighted by atomic mass is 9.84. The van der Waals surface area contributed by atoms with Crippen molar-refractivity contribution in [3.63, 3.8) is 0 Å². The van der Waals surface area contributed by atoms with Crippen LogP contribution >= 0.6 is 0 Å². The summed E-state index contributed by atoms with van der Waals surface area (Å²) in [7, 11) is 3.71. The quantitative estimate of drug-likeness (QED) is 0.845. The van der Waals surface area contributed by atoms with E-state index in [0.29, 0.717) is 6.04 Å². The highest BCUT2D eigenvalue weighted by molar-refractivity contribution is 5.42. The van der Waals surface area contributed by atoms with Crippen molar-refractivity contribution in [2.45, 2.75) is 39.2 Å². The van der Waals surface area contributed by atoms with Gasteiger partial charge >= 0.3 is 0 Å². The molecule has 1 aromatic carbocycles. The Labute approximate surface area is 99.0 Å². The first-order valence-corrected chi connectivity index (χ1v) is 5.76. The average molecular weight is 221 g/mol. The van der Waals surface area contributed by atoms with Crippen LogP contribution in [-0.4, -0.2) is 14.2 Å². The van der Waals surface area contributed by atoms with Gasteiger partial charge in [0.05, 0.1) is 7.11 Å². The van der Waals surface area contributed by atoms with Gasteiger partial charge in [-0.15, -0.1) is 0 Å². The second-order valence-corrected chi connectivity index (χ2v) is 5.22. The highest BCUT2D eigenvalue weighted by Crippen LogP contribution is 2.33. The van der Waals surface area contributed by atoms with E-state index in [1.165, 1.54) is 11.1 Å². The molecular weight excluding hydrogens is 198 g/mol. The third-order valence-electron chi connectivity index (χ3n) is 2.96. The number of hydrogen-bond donors (Lipinski definition) is 1. The van der Waals surface area contributed by atoms with Crippen LogP contribution in [0, 0.1) is 0 Å². The molecule has 1 N–H and O–H groups in total. The largest absolute Gasteiger partial charge is 0.496 e. The topological polar surface area (TPSA) is 21.3 Å². The molecule has 1 atom stereocenters. The summed E-state index contributed by atoms with van der Waals surface area (Å²) in [6.07, 6.45) is 0. The van der Waals surface area contributed by atoms with Crippen molar-refractivity contribution in [2.75, 3.05) is 14.2 Å².